The number of carbonyl (C=O) groups is 1. The lowest BCUT2D eigenvalue weighted by atomic mass is 9.91. The van der Waals surface area contributed by atoms with Crippen LogP contribution in [0.4, 0.5) is 26.3 Å². The summed E-state index contributed by atoms with van der Waals surface area (Å²) in [4.78, 5) is 20.0. The van der Waals surface area contributed by atoms with Gasteiger partial charge in [0, 0.05) is 30.3 Å². The Morgan fingerprint density at radius 2 is 1.74 bits per heavy atom. The van der Waals surface area contributed by atoms with Gasteiger partial charge >= 0.3 is 18.2 Å². The molecule has 3 aromatic rings. The summed E-state index contributed by atoms with van der Waals surface area (Å²) >= 11 is 0. The van der Waals surface area contributed by atoms with E-state index < -0.39 is 29.8 Å². The van der Waals surface area contributed by atoms with Gasteiger partial charge in [-0.25, -0.2) is 0 Å². The number of hydrogen-bond acceptors (Lipinski definition) is 5. The average Bonchev–Trinajstić information content (AvgIpc) is 3.23. The second kappa shape index (κ2) is 9.67. The molecular formula is C23H22F6N4O2. The summed E-state index contributed by atoms with van der Waals surface area (Å²) in [5, 5.41) is 6.06. The molecule has 0 spiro atoms. The Kier molecular flexibility index (Phi) is 7.23. The first-order chi connectivity index (χ1) is 16.1. The number of nitrogens with zero attached hydrogens (tertiary/aromatic N) is 3. The summed E-state index contributed by atoms with van der Waals surface area (Å²) < 4.78 is 81.9. The molecule has 35 heavy (non-hydrogen) atoms. The molecule has 1 amide bonds. The van der Waals surface area contributed by atoms with Gasteiger partial charge in [-0.2, -0.15) is 31.3 Å². The van der Waals surface area contributed by atoms with Crippen LogP contribution < -0.4 is 5.32 Å². The number of rotatable bonds is 6. The normalized spacial score (nSPS) is 13.5. The number of hydrogen-bond donors (Lipinski definition) is 1. The van der Waals surface area contributed by atoms with Crippen molar-refractivity contribution < 1.29 is 35.7 Å². The van der Waals surface area contributed by atoms with E-state index in [9.17, 15) is 31.1 Å². The van der Waals surface area contributed by atoms with E-state index in [1.54, 1.807) is 0 Å². The fraction of sp³-hybridized carbons (Fsp3) is 0.391. The fourth-order valence-electron chi connectivity index (χ4n) is 3.25. The monoisotopic (exact) mass is 500 g/mol. The molecule has 3 rings (SSSR count). The van der Waals surface area contributed by atoms with Crippen LogP contribution in [0.3, 0.4) is 0 Å². The van der Waals surface area contributed by atoms with Gasteiger partial charge in [0.15, 0.2) is 0 Å². The summed E-state index contributed by atoms with van der Waals surface area (Å²) in [6.07, 6.45) is -7.94. The van der Waals surface area contributed by atoms with Crippen LogP contribution in [-0.2, 0) is 23.6 Å². The molecule has 0 aliphatic carbocycles. The number of nitrogens with one attached hydrogen (secondary N) is 1. The van der Waals surface area contributed by atoms with E-state index in [0.29, 0.717) is 5.69 Å². The van der Waals surface area contributed by atoms with Crippen molar-refractivity contribution in [2.24, 2.45) is 5.41 Å². The first kappa shape index (κ1) is 26.2. The number of pyridine rings is 1. The van der Waals surface area contributed by atoms with Gasteiger partial charge in [-0.1, -0.05) is 38.1 Å². The number of carbonyl (C=O) groups excluding carboxylic acids is 1. The van der Waals surface area contributed by atoms with Gasteiger partial charge in [0.25, 0.3) is 0 Å². The number of halogens is 6. The third-order valence-electron chi connectivity index (χ3n) is 4.81. The molecule has 0 aliphatic heterocycles. The number of aromatic nitrogens is 3. The van der Waals surface area contributed by atoms with Crippen LogP contribution in [0.25, 0.3) is 11.4 Å². The lowest BCUT2D eigenvalue weighted by Crippen LogP contribution is -2.32. The van der Waals surface area contributed by atoms with Crippen LogP contribution in [-0.4, -0.2) is 21.0 Å². The zero-order chi connectivity index (χ0) is 26.0. The predicted molar refractivity (Wildman–Crippen MR) is 113 cm³/mol. The molecule has 0 radical (unpaired) electrons. The first-order valence-corrected chi connectivity index (χ1v) is 10.4. The van der Waals surface area contributed by atoms with E-state index in [1.807, 2.05) is 20.8 Å². The van der Waals surface area contributed by atoms with Crippen LogP contribution in [0.5, 0.6) is 0 Å². The van der Waals surface area contributed by atoms with E-state index in [4.69, 9.17) is 0 Å². The highest BCUT2D eigenvalue weighted by Gasteiger charge is 2.38. The Morgan fingerprint density at radius 3 is 2.29 bits per heavy atom. The maximum Gasteiger partial charge on any atom is 0.471 e. The van der Waals surface area contributed by atoms with E-state index in [-0.39, 0.29) is 41.1 Å². The van der Waals surface area contributed by atoms with Crippen molar-refractivity contribution in [2.75, 3.05) is 0 Å². The number of benzene rings is 1. The van der Waals surface area contributed by atoms with Crippen LogP contribution >= 0.6 is 0 Å². The fourth-order valence-corrected chi connectivity index (χ4v) is 3.25. The molecule has 0 aliphatic rings. The maximum absolute atomic E-state index is 13.2. The molecule has 1 atom stereocenters. The summed E-state index contributed by atoms with van der Waals surface area (Å²) in [6.45, 7) is 5.57. The highest BCUT2D eigenvalue weighted by Crippen LogP contribution is 2.32. The number of amides is 1. The van der Waals surface area contributed by atoms with E-state index in [2.05, 4.69) is 25.0 Å². The Bertz CT molecular complexity index is 1160. The molecule has 1 aromatic carbocycles. The Morgan fingerprint density at radius 1 is 1.03 bits per heavy atom. The molecule has 0 fully saturated rings. The Hall–Kier alpha value is -3.44. The second-order valence-corrected chi connectivity index (χ2v) is 9.14. The van der Waals surface area contributed by atoms with Crippen molar-refractivity contribution in [1.82, 2.24) is 20.4 Å². The minimum atomic E-state index is -4.79. The lowest BCUT2D eigenvalue weighted by Gasteiger charge is -2.23. The molecule has 188 valence electrons. The Labute approximate surface area is 196 Å². The van der Waals surface area contributed by atoms with Crippen LogP contribution in [0.2, 0.25) is 0 Å². The lowest BCUT2D eigenvalue weighted by molar-refractivity contribution is -0.159. The van der Waals surface area contributed by atoms with E-state index in [1.165, 1.54) is 30.5 Å². The van der Waals surface area contributed by atoms with Crippen LogP contribution in [0.15, 0.2) is 47.1 Å². The van der Waals surface area contributed by atoms with Crippen molar-refractivity contribution in [3.63, 3.8) is 0 Å². The van der Waals surface area contributed by atoms with E-state index >= 15 is 0 Å². The van der Waals surface area contributed by atoms with Gasteiger partial charge < -0.3 is 9.84 Å². The topological polar surface area (TPSA) is 80.9 Å². The molecule has 1 N–H and O–H groups in total. The molecular weight excluding hydrogens is 478 g/mol. The summed E-state index contributed by atoms with van der Waals surface area (Å²) in [7, 11) is 0. The first-order valence-electron chi connectivity index (χ1n) is 10.4. The third kappa shape index (κ3) is 7.27. The van der Waals surface area contributed by atoms with Crippen LogP contribution in [0, 0.1) is 5.41 Å². The zero-order valence-corrected chi connectivity index (χ0v) is 19.0. The van der Waals surface area contributed by atoms with Crippen molar-refractivity contribution in [3.05, 3.63) is 65.3 Å². The predicted octanol–water partition coefficient (Wildman–Crippen LogP) is 6.01. The minimum absolute atomic E-state index is 0.0392. The van der Waals surface area contributed by atoms with Gasteiger partial charge in [-0.05, 0) is 35.2 Å². The van der Waals surface area contributed by atoms with Gasteiger partial charge in [-0.15, -0.1) is 0 Å². The largest absolute Gasteiger partial charge is 0.471 e. The SMILES string of the molecule is CC(C)(C)CC(=O)NC(Cc1ccc(-c2noc(C(F)(F)F)n2)cn1)c1cccc(C(F)(F)F)c1. The molecule has 0 bridgehead atoms. The number of alkyl halides is 6. The zero-order valence-electron chi connectivity index (χ0n) is 19.0. The summed E-state index contributed by atoms with van der Waals surface area (Å²) in [5.41, 5.74) is -0.429. The quantitative estimate of drug-likeness (QED) is 0.420. The van der Waals surface area contributed by atoms with Gasteiger partial charge in [0.1, 0.15) is 0 Å². The highest BCUT2D eigenvalue weighted by molar-refractivity contribution is 5.77. The molecule has 2 aromatic heterocycles. The molecule has 1 unspecified atom stereocenters. The smallest absolute Gasteiger partial charge is 0.349 e. The van der Waals surface area contributed by atoms with Gasteiger partial charge in [0.05, 0.1) is 11.6 Å². The van der Waals surface area contributed by atoms with Gasteiger partial charge in [0.2, 0.25) is 11.7 Å². The summed E-state index contributed by atoms with van der Waals surface area (Å²) in [6, 6.07) is 6.69. The van der Waals surface area contributed by atoms with Crippen molar-refractivity contribution in [3.8, 4) is 11.4 Å². The summed E-state index contributed by atoms with van der Waals surface area (Å²) in [5.74, 6) is -2.16. The maximum atomic E-state index is 13.2. The van der Waals surface area contributed by atoms with Crippen molar-refractivity contribution in [1.29, 1.82) is 0 Å². The highest BCUT2D eigenvalue weighted by atomic mass is 19.4. The average molecular weight is 500 g/mol. The third-order valence-corrected chi connectivity index (χ3v) is 4.81. The van der Waals surface area contributed by atoms with E-state index in [0.717, 1.165) is 12.1 Å². The molecule has 0 saturated carbocycles. The second-order valence-electron chi connectivity index (χ2n) is 9.14. The molecule has 0 saturated heterocycles. The molecule has 6 nitrogen and oxygen atoms in total. The Balaban J connectivity index is 1.86. The van der Waals surface area contributed by atoms with Crippen LogP contribution in [0.1, 0.15) is 55.9 Å². The van der Waals surface area contributed by atoms with Crippen molar-refractivity contribution >= 4 is 5.91 Å². The molecule has 2 heterocycles. The molecule has 12 heteroatoms. The van der Waals surface area contributed by atoms with Crippen molar-refractivity contribution in [2.45, 2.75) is 52.0 Å². The minimum Gasteiger partial charge on any atom is -0.349 e. The van der Waals surface area contributed by atoms with Gasteiger partial charge in [-0.3, -0.25) is 9.78 Å². The standard InChI is InChI=1S/C23H22F6N4O2/c1-21(2,3)11-18(34)31-17(13-5-4-6-15(9-13)22(24,25)26)10-16-8-7-14(12-30-16)19-32-20(35-33-19)23(27,28)29/h4-9,12,17H,10-11H2,1-3H3,(H,31,34).